The molecule has 0 aromatic carbocycles. The summed E-state index contributed by atoms with van der Waals surface area (Å²) in [5.74, 6) is 1.10. The molecule has 4 nitrogen and oxygen atoms in total. The molecule has 0 fully saturated rings. The van der Waals surface area contributed by atoms with Gasteiger partial charge in [-0.2, -0.15) is 5.10 Å². The molecule has 0 saturated carbocycles. The van der Waals surface area contributed by atoms with Crippen LogP contribution in [0.15, 0.2) is 6.33 Å². The van der Waals surface area contributed by atoms with Crippen molar-refractivity contribution in [3.63, 3.8) is 0 Å². The zero-order chi connectivity index (χ0) is 15.3. The fourth-order valence-corrected chi connectivity index (χ4v) is 2.59. The van der Waals surface area contributed by atoms with Crippen LogP contribution in [0.5, 0.6) is 0 Å². The molecular formula is C17H31N3O. The molecule has 1 rings (SSSR count). The molecule has 0 amide bonds. The van der Waals surface area contributed by atoms with E-state index in [9.17, 15) is 4.79 Å². The van der Waals surface area contributed by atoms with Crippen molar-refractivity contribution in [2.45, 2.75) is 91.0 Å². The van der Waals surface area contributed by atoms with Crippen LogP contribution < -0.4 is 0 Å². The van der Waals surface area contributed by atoms with E-state index in [0.717, 1.165) is 18.8 Å². The molecule has 0 atom stereocenters. The molecule has 120 valence electrons. The normalized spacial score (nSPS) is 11.0. The minimum atomic E-state index is 0.292. The van der Waals surface area contributed by atoms with Gasteiger partial charge >= 0.3 is 0 Å². The van der Waals surface area contributed by atoms with E-state index in [0.29, 0.717) is 18.6 Å². The van der Waals surface area contributed by atoms with E-state index in [1.807, 2.05) is 6.92 Å². The average molecular weight is 293 g/mol. The molecule has 1 heterocycles. The van der Waals surface area contributed by atoms with E-state index in [1.54, 1.807) is 4.68 Å². The molecule has 0 spiro atoms. The standard InChI is InChI=1S/C17H31N3O/c1-3-5-6-7-8-9-10-11-12-13-16(21)14-17-18-15-19-20(17)4-2/h15H,3-14H2,1-2H3. The molecule has 21 heavy (non-hydrogen) atoms. The molecule has 0 radical (unpaired) electrons. The van der Waals surface area contributed by atoms with Gasteiger partial charge in [0.1, 0.15) is 17.9 Å². The lowest BCUT2D eigenvalue weighted by atomic mass is 10.0. The third kappa shape index (κ3) is 7.98. The first kappa shape index (κ1) is 17.9. The van der Waals surface area contributed by atoms with Gasteiger partial charge in [0.25, 0.3) is 0 Å². The van der Waals surface area contributed by atoms with Gasteiger partial charge in [0.15, 0.2) is 0 Å². The molecule has 0 aliphatic carbocycles. The third-order valence-electron chi connectivity index (χ3n) is 3.91. The van der Waals surface area contributed by atoms with Crippen LogP contribution in [0.4, 0.5) is 0 Å². The van der Waals surface area contributed by atoms with Crippen LogP contribution in [-0.4, -0.2) is 20.5 Å². The second-order valence-corrected chi connectivity index (χ2v) is 5.79. The van der Waals surface area contributed by atoms with Crippen LogP contribution in [0.3, 0.4) is 0 Å². The summed E-state index contributed by atoms with van der Waals surface area (Å²) in [6.07, 6.45) is 14.2. The molecule has 0 aliphatic rings. The van der Waals surface area contributed by atoms with E-state index in [1.165, 1.54) is 57.7 Å². The molecule has 4 heteroatoms. The molecule has 0 saturated heterocycles. The fourth-order valence-electron chi connectivity index (χ4n) is 2.59. The molecule has 0 unspecified atom stereocenters. The highest BCUT2D eigenvalue weighted by Gasteiger charge is 2.08. The second-order valence-electron chi connectivity index (χ2n) is 5.79. The number of carbonyl (C=O) groups excluding carboxylic acids is 1. The maximum Gasteiger partial charge on any atom is 0.140 e. The lowest BCUT2D eigenvalue weighted by molar-refractivity contribution is -0.118. The summed E-state index contributed by atoms with van der Waals surface area (Å²) < 4.78 is 1.80. The number of Topliss-reactive ketones (excluding diaryl/α,β-unsaturated/α-hetero) is 1. The molecular weight excluding hydrogens is 262 g/mol. The quantitative estimate of drug-likeness (QED) is 0.509. The summed E-state index contributed by atoms with van der Waals surface area (Å²) in [5.41, 5.74) is 0. The Morgan fingerprint density at radius 1 is 1.00 bits per heavy atom. The number of aryl methyl sites for hydroxylation is 1. The lowest BCUT2D eigenvalue weighted by Gasteiger charge is -2.03. The Hall–Kier alpha value is -1.19. The van der Waals surface area contributed by atoms with Crippen molar-refractivity contribution in [2.75, 3.05) is 0 Å². The van der Waals surface area contributed by atoms with Gasteiger partial charge in [0, 0.05) is 13.0 Å². The molecule has 1 aromatic rings. The summed E-state index contributed by atoms with van der Waals surface area (Å²) >= 11 is 0. The Labute approximate surface area is 129 Å². The van der Waals surface area contributed by atoms with Crippen LogP contribution in [0, 0.1) is 0 Å². The largest absolute Gasteiger partial charge is 0.299 e. The number of ketones is 1. The van der Waals surface area contributed by atoms with Crippen molar-refractivity contribution in [3.8, 4) is 0 Å². The number of carbonyl (C=O) groups is 1. The van der Waals surface area contributed by atoms with Crippen LogP contribution in [0.1, 0.15) is 83.9 Å². The number of nitrogens with zero attached hydrogens (tertiary/aromatic N) is 3. The highest BCUT2D eigenvalue weighted by atomic mass is 16.1. The summed E-state index contributed by atoms with van der Waals surface area (Å²) in [4.78, 5) is 16.1. The fraction of sp³-hybridized carbons (Fsp3) is 0.824. The van der Waals surface area contributed by atoms with E-state index < -0.39 is 0 Å². The maximum absolute atomic E-state index is 11.9. The third-order valence-corrected chi connectivity index (χ3v) is 3.91. The average Bonchev–Trinajstić information content (AvgIpc) is 2.92. The van der Waals surface area contributed by atoms with Gasteiger partial charge in [-0.15, -0.1) is 0 Å². The zero-order valence-electron chi connectivity index (χ0n) is 13.8. The van der Waals surface area contributed by atoms with E-state index in [-0.39, 0.29) is 0 Å². The van der Waals surface area contributed by atoms with Crippen molar-refractivity contribution in [3.05, 3.63) is 12.2 Å². The predicted octanol–water partition coefficient (Wildman–Crippen LogP) is 4.33. The lowest BCUT2D eigenvalue weighted by Crippen LogP contribution is -2.10. The first-order valence-electron chi connectivity index (χ1n) is 8.66. The van der Waals surface area contributed by atoms with E-state index in [2.05, 4.69) is 17.0 Å². The molecule has 1 aromatic heterocycles. The summed E-state index contributed by atoms with van der Waals surface area (Å²) in [6.45, 7) is 5.05. The Morgan fingerprint density at radius 3 is 2.24 bits per heavy atom. The zero-order valence-corrected chi connectivity index (χ0v) is 13.8. The van der Waals surface area contributed by atoms with Gasteiger partial charge in [-0.25, -0.2) is 9.67 Å². The highest BCUT2D eigenvalue weighted by Crippen LogP contribution is 2.11. The Morgan fingerprint density at radius 2 is 1.62 bits per heavy atom. The number of rotatable bonds is 13. The topological polar surface area (TPSA) is 47.8 Å². The first-order chi connectivity index (χ1) is 10.3. The van der Waals surface area contributed by atoms with Gasteiger partial charge < -0.3 is 0 Å². The minimum Gasteiger partial charge on any atom is -0.299 e. The van der Waals surface area contributed by atoms with Gasteiger partial charge in [-0.1, -0.05) is 58.3 Å². The van der Waals surface area contributed by atoms with Gasteiger partial charge in [0.2, 0.25) is 0 Å². The first-order valence-corrected chi connectivity index (χ1v) is 8.66. The number of unbranched alkanes of at least 4 members (excludes halogenated alkanes) is 8. The van der Waals surface area contributed by atoms with Gasteiger partial charge in [0.05, 0.1) is 6.42 Å². The Kier molecular flexibility index (Phi) is 9.75. The van der Waals surface area contributed by atoms with Gasteiger partial charge in [-0.05, 0) is 13.3 Å². The summed E-state index contributed by atoms with van der Waals surface area (Å²) in [5, 5.41) is 4.09. The van der Waals surface area contributed by atoms with E-state index in [4.69, 9.17) is 0 Å². The van der Waals surface area contributed by atoms with Gasteiger partial charge in [-0.3, -0.25) is 4.79 Å². The molecule has 0 N–H and O–H groups in total. The molecule has 0 bridgehead atoms. The predicted molar refractivity (Wildman–Crippen MR) is 86.3 cm³/mol. The maximum atomic E-state index is 11.9. The van der Waals surface area contributed by atoms with Crippen molar-refractivity contribution in [1.82, 2.24) is 14.8 Å². The van der Waals surface area contributed by atoms with Crippen molar-refractivity contribution < 1.29 is 4.79 Å². The summed E-state index contributed by atoms with van der Waals surface area (Å²) in [6, 6.07) is 0. The van der Waals surface area contributed by atoms with Crippen LogP contribution in [0.2, 0.25) is 0 Å². The van der Waals surface area contributed by atoms with Crippen molar-refractivity contribution in [1.29, 1.82) is 0 Å². The van der Waals surface area contributed by atoms with Crippen LogP contribution >= 0.6 is 0 Å². The van der Waals surface area contributed by atoms with E-state index >= 15 is 0 Å². The van der Waals surface area contributed by atoms with Crippen LogP contribution in [-0.2, 0) is 17.8 Å². The Balaban J connectivity index is 1.99. The SMILES string of the molecule is CCCCCCCCCCCC(=O)Cc1ncnn1CC. The smallest absolute Gasteiger partial charge is 0.140 e. The van der Waals surface area contributed by atoms with Crippen LogP contribution in [0.25, 0.3) is 0 Å². The highest BCUT2D eigenvalue weighted by molar-refractivity contribution is 5.80. The molecule has 0 aliphatic heterocycles. The number of aromatic nitrogens is 3. The number of hydrogen-bond donors (Lipinski definition) is 0. The van der Waals surface area contributed by atoms with Crippen molar-refractivity contribution in [2.24, 2.45) is 0 Å². The monoisotopic (exact) mass is 293 g/mol. The Bertz CT molecular complexity index is 387. The summed E-state index contributed by atoms with van der Waals surface area (Å²) in [7, 11) is 0. The van der Waals surface area contributed by atoms with Crippen molar-refractivity contribution >= 4 is 5.78 Å². The number of hydrogen-bond acceptors (Lipinski definition) is 3. The minimum absolute atomic E-state index is 0.292. The second kappa shape index (κ2) is 11.5.